The van der Waals surface area contributed by atoms with Crippen LogP contribution in [0.25, 0.3) is 0 Å². The summed E-state index contributed by atoms with van der Waals surface area (Å²) in [5, 5.41) is 0. The molecule has 1 aromatic rings. The first kappa shape index (κ1) is 9.40. The third kappa shape index (κ3) is 2.20. The topological polar surface area (TPSA) is 52.3 Å². The van der Waals surface area contributed by atoms with E-state index >= 15 is 0 Å². The number of oxazole rings is 1. The second kappa shape index (κ2) is 4.37. The van der Waals surface area contributed by atoms with Gasteiger partial charge in [-0.2, -0.15) is 0 Å². The fraction of sp³-hybridized carbons (Fsp3) is 0.600. The molecule has 0 radical (unpaired) electrons. The minimum atomic E-state index is 0.210. The maximum absolute atomic E-state index is 10.3. The normalized spacial score (nSPS) is 22.1. The molecule has 1 atom stereocenters. The van der Waals surface area contributed by atoms with E-state index in [-0.39, 0.29) is 11.9 Å². The van der Waals surface area contributed by atoms with Gasteiger partial charge < -0.3 is 9.15 Å². The zero-order valence-corrected chi connectivity index (χ0v) is 7.94. The van der Waals surface area contributed by atoms with Crippen LogP contribution in [-0.4, -0.2) is 24.0 Å². The van der Waals surface area contributed by atoms with Crippen LogP contribution in [0.4, 0.5) is 0 Å². The number of carbonyl (C=O) groups is 1. The molecule has 0 bridgehead atoms. The summed E-state index contributed by atoms with van der Waals surface area (Å²) in [4.78, 5) is 14.4. The summed E-state index contributed by atoms with van der Waals surface area (Å²) in [6.07, 6.45) is 6.39. The van der Waals surface area contributed by atoms with Crippen molar-refractivity contribution in [2.45, 2.75) is 31.8 Å². The molecule has 76 valence electrons. The van der Waals surface area contributed by atoms with Gasteiger partial charge in [0.05, 0.1) is 18.7 Å². The molecule has 1 aliphatic heterocycles. The van der Waals surface area contributed by atoms with Crippen LogP contribution < -0.4 is 0 Å². The van der Waals surface area contributed by atoms with E-state index in [9.17, 15) is 4.79 Å². The lowest BCUT2D eigenvalue weighted by Crippen LogP contribution is -2.21. The molecule has 1 aromatic heterocycles. The van der Waals surface area contributed by atoms with Gasteiger partial charge in [0.15, 0.2) is 17.9 Å². The van der Waals surface area contributed by atoms with Crippen LogP contribution in [0.15, 0.2) is 10.6 Å². The van der Waals surface area contributed by atoms with E-state index in [4.69, 9.17) is 9.15 Å². The molecule has 1 saturated heterocycles. The molecule has 2 heterocycles. The van der Waals surface area contributed by atoms with Gasteiger partial charge in [0.2, 0.25) is 0 Å². The Labute approximate surface area is 82.3 Å². The zero-order valence-electron chi connectivity index (χ0n) is 7.94. The Hall–Kier alpha value is -1.16. The molecule has 2 rings (SSSR count). The first-order valence-electron chi connectivity index (χ1n) is 4.90. The second-order valence-electron chi connectivity index (χ2n) is 3.47. The summed E-state index contributed by atoms with van der Waals surface area (Å²) in [6, 6.07) is 0. The molecule has 1 fully saturated rings. The van der Waals surface area contributed by atoms with Crippen molar-refractivity contribution < 1.29 is 13.9 Å². The fourth-order valence-corrected chi connectivity index (χ4v) is 1.64. The van der Waals surface area contributed by atoms with Crippen LogP contribution in [0.3, 0.4) is 0 Å². The second-order valence-corrected chi connectivity index (χ2v) is 3.47. The van der Waals surface area contributed by atoms with Gasteiger partial charge in [-0.05, 0) is 19.3 Å². The van der Waals surface area contributed by atoms with Crippen molar-refractivity contribution >= 4 is 6.29 Å². The maximum Gasteiger partial charge on any atom is 0.197 e. The standard InChI is InChI=1S/C10H13NO3/c12-7-9-6-11-10(14-9)5-8-3-1-2-4-13-8/h6-8H,1-5H2. The van der Waals surface area contributed by atoms with Crippen molar-refractivity contribution in [3.63, 3.8) is 0 Å². The highest BCUT2D eigenvalue weighted by atomic mass is 16.5. The summed E-state index contributed by atoms with van der Waals surface area (Å²) in [5.41, 5.74) is 0. The fourth-order valence-electron chi connectivity index (χ4n) is 1.64. The lowest BCUT2D eigenvalue weighted by atomic mass is 10.1. The minimum Gasteiger partial charge on any atom is -0.438 e. The van der Waals surface area contributed by atoms with E-state index in [0.717, 1.165) is 19.4 Å². The Morgan fingerprint density at radius 3 is 3.14 bits per heavy atom. The summed E-state index contributed by atoms with van der Waals surface area (Å²) in [6.45, 7) is 0.825. The van der Waals surface area contributed by atoms with Gasteiger partial charge in [0.25, 0.3) is 0 Å². The molecule has 0 aromatic carbocycles. The summed E-state index contributed by atoms with van der Waals surface area (Å²) in [7, 11) is 0. The van der Waals surface area contributed by atoms with E-state index in [1.807, 2.05) is 0 Å². The van der Waals surface area contributed by atoms with Gasteiger partial charge in [-0.1, -0.05) is 0 Å². The van der Waals surface area contributed by atoms with Crippen LogP contribution in [0.1, 0.15) is 35.7 Å². The Kier molecular flexibility index (Phi) is 2.93. The molecule has 4 heteroatoms. The molecule has 0 saturated carbocycles. The van der Waals surface area contributed by atoms with E-state index in [1.54, 1.807) is 0 Å². The van der Waals surface area contributed by atoms with Crippen molar-refractivity contribution in [2.75, 3.05) is 6.61 Å². The SMILES string of the molecule is O=Cc1cnc(CC2CCCCO2)o1. The van der Waals surface area contributed by atoms with Gasteiger partial charge in [-0.25, -0.2) is 4.98 Å². The van der Waals surface area contributed by atoms with Crippen molar-refractivity contribution in [1.29, 1.82) is 0 Å². The van der Waals surface area contributed by atoms with Crippen molar-refractivity contribution in [3.05, 3.63) is 17.8 Å². The third-order valence-corrected chi connectivity index (χ3v) is 2.36. The van der Waals surface area contributed by atoms with Crippen molar-refractivity contribution in [1.82, 2.24) is 4.98 Å². The highest BCUT2D eigenvalue weighted by molar-refractivity contribution is 5.69. The Morgan fingerprint density at radius 2 is 2.50 bits per heavy atom. The number of hydrogen-bond donors (Lipinski definition) is 0. The van der Waals surface area contributed by atoms with Crippen LogP contribution >= 0.6 is 0 Å². The molecule has 14 heavy (non-hydrogen) atoms. The molecule has 0 spiro atoms. The lowest BCUT2D eigenvalue weighted by molar-refractivity contribution is 0.0131. The summed E-state index contributed by atoms with van der Waals surface area (Å²) in [5.74, 6) is 0.884. The Morgan fingerprint density at radius 1 is 1.57 bits per heavy atom. The monoisotopic (exact) mass is 195 g/mol. The predicted octanol–water partition coefficient (Wildman–Crippen LogP) is 1.60. The Balaban J connectivity index is 1.92. The maximum atomic E-state index is 10.3. The first-order valence-corrected chi connectivity index (χ1v) is 4.90. The van der Waals surface area contributed by atoms with Crippen LogP contribution in [0.2, 0.25) is 0 Å². The van der Waals surface area contributed by atoms with Gasteiger partial charge in [0.1, 0.15) is 0 Å². The van der Waals surface area contributed by atoms with Gasteiger partial charge in [-0.15, -0.1) is 0 Å². The number of carbonyl (C=O) groups excluding carboxylic acids is 1. The molecular formula is C10H13NO3. The molecule has 0 N–H and O–H groups in total. The molecule has 0 amide bonds. The summed E-state index contributed by atoms with van der Waals surface area (Å²) >= 11 is 0. The molecule has 1 aliphatic rings. The van der Waals surface area contributed by atoms with E-state index < -0.39 is 0 Å². The van der Waals surface area contributed by atoms with Crippen molar-refractivity contribution in [3.8, 4) is 0 Å². The van der Waals surface area contributed by atoms with E-state index in [2.05, 4.69) is 4.98 Å². The number of aromatic nitrogens is 1. The first-order chi connectivity index (χ1) is 6.88. The van der Waals surface area contributed by atoms with Crippen LogP contribution in [-0.2, 0) is 11.2 Å². The van der Waals surface area contributed by atoms with Gasteiger partial charge >= 0.3 is 0 Å². The highest BCUT2D eigenvalue weighted by Gasteiger charge is 2.16. The van der Waals surface area contributed by atoms with Gasteiger partial charge in [-0.3, -0.25) is 4.79 Å². The third-order valence-electron chi connectivity index (χ3n) is 2.36. The molecule has 4 nitrogen and oxygen atoms in total. The average Bonchev–Trinajstić information content (AvgIpc) is 2.67. The molecule has 0 aliphatic carbocycles. The average molecular weight is 195 g/mol. The van der Waals surface area contributed by atoms with Crippen LogP contribution in [0, 0.1) is 0 Å². The number of nitrogens with zero attached hydrogens (tertiary/aromatic N) is 1. The predicted molar refractivity (Wildman–Crippen MR) is 49.2 cm³/mol. The number of hydrogen-bond acceptors (Lipinski definition) is 4. The number of ether oxygens (including phenoxy) is 1. The highest BCUT2D eigenvalue weighted by Crippen LogP contribution is 2.16. The smallest absolute Gasteiger partial charge is 0.197 e. The van der Waals surface area contributed by atoms with E-state index in [1.165, 1.54) is 12.6 Å². The largest absolute Gasteiger partial charge is 0.438 e. The number of rotatable bonds is 3. The van der Waals surface area contributed by atoms with Crippen LogP contribution in [0.5, 0.6) is 0 Å². The van der Waals surface area contributed by atoms with Gasteiger partial charge in [0, 0.05) is 6.61 Å². The molecular weight excluding hydrogens is 182 g/mol. The van der Waals surface area contributed by atoms with E-state index in [0.29, 0.717) is 18.6 Å². The lowest BCUT2D eigenvalue weighted by Gasteiger charge is -2.20. The zero-order chi connectivity index (χ0) is 9.80. The Bertz CT molecular complexity index is 302. The molecule has 1 unspecified atom stereocenters. The van der Waals surface area contributed by atoms with Crippen molar-refractivity contribution in [2.24, 2.45) is 0 Å². The number of aldehydes is 1. The quantitative estimate of drug-likeness (QED) is 0.687. The summed E-state index contributed by atoms with van der Waals surface area (Å²) < 4.78 is 10.7. The minimum absolute atomic E-state index is 0.210.